The Morgan fingerprint density at radius 2 is 2.03 bits per heavy atom. The first kappa shape index (κ1) is 18.5. The molecule has 6 heteroatoms. The molecule has 0 amide bonds. The topological polar surface area (TPSA) is 50.2 Å². The van der Waals surface area contributed by atoms with Crippen LogP contribution >= 0.6 is 22.7 Å². The molecule has 1 aromatic carbocycles. The molecule has 0 spiro atoms. The monoisotopic (exact) mass is 420 g/mol. The standard InChI is InChI=1S/C23H21N3OS2/c1-15-7-8-19(29-15)18-14-28-23-21(18)22(27)24-20(25-23)13-26-11-9-17(10-12-26)16-5-3-2-4-6-16/h2-9,14H,10-13H2,1H3,(H,24,25,27)/p+1. The minimum atomic E-state index is -0.0239. The third-order valence-electron chi connectivity index (χ3n) is 5.45. The van der Waals surface area contributed by atoms with Crippen molar-refractivity contribution in [3.05, 3.63) is 80.5 Å². The van der Waals surface area contributed by atoms with Crippen LogP contribution in [-0.2, 0) is 6.54 Å². The molecule has 0 radical (unpaired) electrons. The first-order valence-electron chi connectivity index (χ1n) is 9.82. The van der Waals surface area contributed by atoms with Crippen molar-refractivity contribution in [2.75, 3.05) is 13.1 Å². The van der Waals surface area contributed by atoms with Gasteiger partial charge >= 0.3 is 0 Å². The van der Waals surface area contributed by atoms with Crippen LogP contribution in [0.3, 0.4) is 0 Å². The number of fused-ring (bicyclic) bond motifs is 1. The molecule has 146 valence electrons. The number of aromatic nitrogens is 2. The van der Waals surface area contributed by atoms with Crippen molar-refractivity contribution in [2.24, 2.45) is 0 Å². The maximum atomic E-state index is 12.8. The fourth-order valence-corrected chi connectivity index (χ4v) is 5.86. The van der Waals surface area contributed by atoms with E-state index in [-0.39, 0.29) is 5.56 Å². The lowest BCUT2D eigenvalue weighted by Crippen LogP contribution is -3.11. The van der Waals surface area contributed by atoms with Crippen molar-refractivity contribution < 1.29 is 4.90 Å². The Morgan fingerprint density at radius 1 is 1.17 bits per heavy atom. The summed E-state index contributed by atoms with van der Waals surface area (Å²) < 4.78 is 0. The van der Waals surface area contributed by atoms with E-state index in [1.54, 1.807) is 22.7 Å². The van der Waals surface area contributed by atoms with E-state index in [2.05, 4.69) is 65.8 Å². The maximum Gasteiger partial charge on any atom is 0.260 e. The molecule has 3 aromatic heterocycles. The molecule has 4 heterocycles. The Kier molecular flexibility index (Phi) is 4.91. The van der Waals surface area contributed by atoms with Gasteiger partial charge < -0.3 is 9.88 Å². The zero-order valence-corrected chi connectivity index (χ0v) is 17.8. The lowest BCUT2D eigenvalue weighted by Gasteiger charge is -2.23. The number of hydrogen-bond donors (Lipinski definition) is 2. The van der Waals surface area contributed by atoms with E-state index >= 15 is 0 Å². The van der Waals surface area contributed by atoms with Gasteiger partial charge in [0.1, 0.15) is 11.4 Å². The summed E-state index contributed by atoms with van der Waals surface area (Å²) in [5, 5.41) is 2.78. The SMILES string of the molecule is Cc1ccc(-c2csc3nc(C[NH+]4CC=C(c5ccccc5)CC4)[nH]c(=O)c23)s1. The number of aromatic amines is 1. The average Bonchev–Trinajstić information content (AvgIpc) is 3.35. The van der Waals surface area contributed by atoms with E-state index in [1.165, 1.54) is 20.9 Å². The van der Waals surface area contributed by atoms with Crippen molar-refractivity contribution in [2.45, 2.75) is 19.9 Å². The van der Waals surface area contributed by atoms with Crippen LogP contribution in [0.2, 0.25) is 0 Å². The largest absolute Gasteiger partial charge is 0.325 e. The minimum absolute atomic E-state index is 0.0239. The molecular weight excluding hydrogens is 398 g/mol. The van der Waals surface area contributed by atoms with E-state index in [9.17, 15) is 4.79 Å². The molecule has 2 N–H and O–H groups in total. The van der Waals surface area contributed by atoms with Gasteiger partial charge in [0.15, 0.2) is 5.82 Å². The van der Waals surface area contributed by atoms with Gasteiger partial charge in [0.05, 0.1) is 18.5 Å². The number of quaternary nitrogens is 1. The van der Waals surface area contributed by atoms with Crippen LogP contribution in [-0.4, -0.2) is 23.1 Å². The summed E-state index contributed by atoms with van der Waals surface area (Å²) in [6, 6.07) is 14.8. The summed E-state index contributed by atoms with van der Waals surface area (Å²) in [5.74, 6) is 0.782. The Labute approximate surface area is 177 Å². The number of H-pyrrole nitrogens is 1. The number of benzene rings is 1. The van der Waals surface area contributed by atoms with E-state index in [0.29, 0.717) is 0 Å². The van der Waals surface area contributed by atoms with Crippen molar-refractivity contribution in [3.63, 3.8) is 0 Å². The smallest absolute Gasteiger partial charge is 0.260 e. The van der Waals surface area contributed by atoms with E-state index < -0.39 is 0 Å². The average molecular weight is 421 g/mol. The quantitative estimate of drug-likeness (QED) is 0.526. The summed E-state index contributed by atoms with van der Waals surface area (Å²) >= 11 is 3.28. The molecule has 1 unspecified atom stereocenters. The zero-order chi connectivity index (χ0) is 19.8. The highest BCUT2D eigenvalue weighted by Crippen LogP contribution is 2.34. The van der Waals surface area contributed by atoms with E-state index in [4.69, 9.17) is 4.98 Å². The molecule has 29 heavy (non-hydrogen) atoms. The fourth-order valence-electron chi connectivity index (χ4n) is 3.93. The molecule has 0 aliphatic carbocycles. The second-order valence-corrected chi connectivity index (χ2v) is 9.62. The van der Waals surface area contributed by atoms with Crippen LogP contribution in [0, 0.1) is 6.92 Å². The van der Waals surface area contributed by atoms with Gasteiger partial charge in [-0.05, 0) is 36.3 Å². The number of nitrogens with zero attached hydrogens (tertiary/aromatic N) is 1. The van der Waals surface area contributed by atoms with Crippen LogP contribution in [0.5, 0.6) is 0 Å². The molecule has 5 rings (SSSR count). The Hall–Kier alpha value is -2.54. The van der Waals surface area contributed by atoms with Gasteiger partial charge in [-0.1, -0.05) is 30.3 Å². The molecular formula is C23H22N3OS2+. The van der Waals surface area contributed by atoms with Crippen molar-refractivity contribution in [3.8, 4) is 10.4 Å². The molecule has 0 bridgehead atoms. The first-order chi connectivity index (χ1) is 14.2. The van der Waals surface area contributed by atoms with Crippen LogP contribution in [0.15, 0.2) is 58.7 Å². The predicted molar refractivity (Wildman–Crippen MR) is 122 cm³/mol. The van der Waals surface area contributed by atoms with Gasteiger partial charge in [0.2, 0.25) is 0 Å². The normalized spacial score (nSPS) is 16.9. The maximum absolute atomic E-state index is 12.8. The summed E-state index contributed by atoms with van der Waals surface area (Å²) in [4.78, 5) is 25.3. The van der Waals surface area contributed by atoms with Crippen molar-refractivity contribution in [1.29, 1.82) is 0 Å². The van der Waals surface area contributed by atoms with Crippen LogP contribution in [0.1, 0.15) is 22.7 Å². The molecule has 1 aliphatic rings. The van der Waals surface area contributed by atoms with Gasteiger partial charge in [0, 0.05) is 27.1 Å². The minimum Gasteiger partial charge on any atom is -0.325 e. The Bertz CT molecular complexity index is 1250. The highest BCUT2D eigenvalue weighted by atomic mass is 32.1. The lowest BCUT2D eigenvalue weighted by molar-refractivity contribution is -0.909. The van der Waals surface area contributed by atoms with Crippen LogP contribution in [0.25, 0.3) is 26.2 Å². The van der Waals surface area contributed by atoms with Gasteiger partial charge in [-0.25, -0.2) is 4.98 Å². The van der Waals surface area contributed by atoms with Crippen molar-refractivity contribution in [1.82, 2.24) is 9.97 Å². The first-order valence-corrected chi connectivity index (χ1v) is 11.5. The van der Waals surface area contributed by atoms with Gasteiger partial charge in [-0.3, -0.25) is 4.79 Å². The number of nitrogens with one attached hydrogen (secondary N) is 2. The molecule has 4 nitrogen and oxygen atoms in total. The highest BCUT2D eigenvalue weighted by Gasteiger charge is 2.19. The fraction of sp³-hybridized carbons (Fsp3) is 0.217. The number of hydrogen-bond acceptors (Lipinski definition) is 4. The number of thiophene rings is 2. The molecule has 0 fully saturated rings. The summed E-state index contributed by atoms with van der Waals surface area (Å²) in [7, 11) is 0. The third-order valence-corrected chi connectivity index (χ3v) is 7.35. The second-order valence-electron chi connectivity index (χ2n) is 7.48. The Balaban J connectivity index is 1.37. The number of rotatable bonds is 4. The molecule has 1 atom stereocenters. The predicted octanol–water partition coefficient (Wildman–Crippen LogP) is 3.89. The molecule has 0 saturated carbocycles. The van der Waals surface area contributed by atoms with E-state index in [1.807, 2.05) is 0 Å². The molecule has 4 aromatic rings. The van der Waals surface area contributed by atoms with Gasteiger partial charge in [-0.15, -0.1) is 22.7 Å². The third kappa shape index (κ3) is 3.71. The van der Waals surface area contributed by atoms with Crippen LogP contribution < -0.4 is 10.5 Å². The Morgan fingerprint density at radius 3 is 2.76 bits per heavy atom. The van der Waals surface area contributed by atoms with Gasteiger partial charge in [0.25, 0.3) is 5.56 Å². The van der Waals surface area contributed by atoms with Crippen LogP contribution in [0.4, 0.5) is 0 Å². The second kappa shape index (κ2) is 7.71. The van der Waals surface area contributed by atoms with Crippen molar-refractivity contribution >= 4 is 38.5 Å². The molecule has 1 aliphatic heterocycles. The highest BCUT2D eigenvalue weighted by molar-refractivity contribution is 7.19. The zero-order valence-electron chi connectivity index (χ0n) is 16.2. The summed E-state index contributed by atoms with van der Waals surface area (Å²) in [6.45, 7) is 4.83. The summed E-state index contributed by atoms with van der Waals surface area (Å²) in [5.41, 5.74) is 3.71. The lowest BCUT2D eigenvalue weighted by atomic mass is 10.00. The van der Waals surface area contributed by atoms with E-state index in [0.717, 1.165) is 52.5 Å². The van der Waals surface area contributed by atoms with Gasteiger partial charge in [-0.2, -0.15) is 0 Å². The number of aryl methyl sites for hydroxylation is 1. The molecule has 0 saturated heterocycles. The summed E-state index contributed by atoms with van der Waals surface area (Å²) in [6.07, 6.45) is 3.37.